The Morgan fingerprint density at radius 1 is 1.14 bits per heavy atom. The lowest BCUT2D eigenvalue weighted by molar-refractivity contribution is 0.247. The first-order chi connectivity index (χ1) is 16.7. The van der Waals surface area contributed by atoms with Crippen LogP contribution in [0.5, 0.6) is 11.8 Å². The highest BCUT2D eigenvalue weighted by Crippen LogP contribution is 2.27. The summed E-state index contributed by atoms with van der Waals surface area (Å²) in [5, 5.41) is 2.73. The zero-order valence-electron chi connectivity index (χ0n) is 18.5. The van der Waals surface area contributed by atoms with Gasteiger partial charge in [-0.25, -0.2) is 37.1 Å². The highest BCUT2D eigenvalue weighted by Gasteiger charge is 2.22. The van der Waals surface area contributed by atoms with E-state index >= 15 is 0 Å². The molecule has 0 radical (unpaired) electrons. The molecule has 0 saturated carbocycles. The highest BCUT2D eigenvalue weighted by molar-refractivity contribution is 7.90. The number of nitrogens with one attached hydrogen (secondary N) is 2. The lowest BCUT2D eigenvalue weighted by atomic mass is 9.99. The fourth-order valence-electron chi connectivity index (χ4n) is 3.38. The SMILES string of the molecule is CNC(=O)NS(=O)(=O)c1cc(Cc2c(C)c3ccc(Oc4ncccn4)cc3oc2=O)ccc1F. The number of hydrogen-bond donors (Lipinski definition) is 2. The van der Waals surface area contributed by atoms with E-state index in [1.165, 1.54) is 31.6 Å². The molecule has 2 N–H and O–H groups in total. The third kappa shape index (κ3) is 5.11. The molecule has 0 unspecified atom stereocenters. The van der Waals surface area contributed by atoms with Crippen LogP contribution in [0, 0.1) is 12.7 Å². The minimum atomic E-state index is -4.47. The highest BCUT2D eigenvalue weighted by atomic mass is 32.2. The first-order valence-corrected chi connectivity index (χ1v) is 11.7. The fraction of sp³-hybridized carbons (Fsp3) is 0.130. The van der Waals surface area contributed by atoms with Crippen molar-refractivity contribution in [1.29, 1.82) is 0 Å². The van der Waals surface area contributed by atoms with Gasteiger partial charge in [-0.15, -0.1) is 0 Å². The third-order valence-corrected chi connectivity index (χ3v) is 6.48. The van der Waals surface area contributed by atoms with Gasteiger partial charge in [0.25, 0.3) is 10.0 Å². The number of fused-ring (bicyclic) bond motifs is 1. The maximum absolute atomic E-state index is 14.3. The Morgan fingerprint density at radius 2 is 1.89 bits per heavy atom. The molecule has 180 valence electrons. The van der Waals surface area contributed by atoms with Gasteiger partial charge in [0, 0.05) is 42.9 Å². The maximum Gasteiger partial charge on any atom is 0.340 e. The molecule has 0 aliphatic heterocycles. The number of rotatable bonds is 6. The van der Waals surface area contributed by atoms with Crippen LogP contribution in [0.3, 0.4) is 0 Å². The van der Waals surface area contributed by atoms with E-state index < -0.39 is 32.4 Å². The number of sulfonamides is 1. The molecule has 0 aliphatic carbocycles. The second kappa shape index (κ2) is 9.50. The van der Waals surface area contributed by atoms with Crippen molar-refractivity contribution in [3.05, 3.63) is 87.8 Å². The van der Waals surface area contributed by atoms with Crippen LogP contribution in [0.25, 0.3) is 11.0 Å². The Bertz CT molecular complexity index is 1590. The van der Waals surface area contributed by atoms with Gasteiger partial charge in [-0.1, -0.05) is 6.07 Å². The predicted octanol–water partition coefficient (Wildman–Crippen LogP) is 3.03. The second-order valence-electron chi connectivity index (χ2n) is 7.41. The molecule has 0 aliphatic rings. The lowest BCUT2D eigenvalue weighted by Crippen LogP contribution is -2.37. The normalized spacial score (nSPS) is 11.3. The van der Waals surface area contributed by atoms with Crippen molar-refractivity contribution in [2.75, 3.05) is 7.05 Å². The van der Waals surface area contributed by atoms with E-state index in [0.29, 0.717) is 22.3 Å². The van der Waals surface area contributed by atoms with Gasteiger partial charge in [-0.3, -0.25) is 0 Å². The number of aromatic nitrogens is 2. The van der Waals surface area contributed by atoms with E-state index in [1.54, 1.807) is 29.8 Å². The van der Waals surface area contributed by atoms with Gasteiger partial charge in [0.05, 0.1) is 0 Å². The summed E-state index contributed by atoms with van der Waals surface area (Å²) in [4.78, 5) is 31.4. The van der Waals surface area contributed by atoms with Gasteiger partial charge in [-0.2, -0.15) is 0 Å². The first kappa shape index (κ1) is 23.8. The van der Waals surface area contributed by atoms with Crippen molar-refractivity contribution in [1.82, 2.24) is 20.0 Å². The summed E-state index contributed by atoms with van der Waals surface area (Å²) in [6, 6.07) is 9.08. The largest absolute Gasteiger partial charge is 0.424 e. The van der Waals surface area contributed by atoms with Crippen LogP contribution in [-0.2, 0) is 16.4 Å². The molecule has 4 aromatic rings. The predicted molar refractivity (Wildman–Crippen MR) is 123 cm³/mol. The smallest absolute Gasteiger partial charge is 0.340 e. The molecule has 0 atom stereocenters. The molecule has 2 aromatic carbocycles. The van der Waals surface area contributed by atoms with E-state index in [1.807, 2.05) is 0 Å². The van der Waals surface area contributed by atoms with Crippen molar-refractivity contribution >= 4 is 27.0 Å². The number of ether oxygens (including phenoxy) is 1. The molecular formula is C23H19FN4O6S. The second-order valence-corrected chi connectivity index (χ2v) is 9.06. The van der Waals surface area contributed by atoms with Crippen LogP contribution in [0.4, 0.5) is 9.18 Å². The molecule has 0 bridgehead atoms. The van der Waals surface area contributed by atoms with Crippen LogP contribution in [0.15, 0.2) is 69.0 Å². The lowest BCUT2D eigenvalue weighted by Gasteiger charge is -2.11. The van der Waals surface area contributed by atoms with Crippen LogP contribution >= 0.6 is 0 Å². The Balaban J connectivity index is 1.67. The molecule has 4 rings (SSSR count). The number of carbonyl (C=O) groups excluding carboxylic acids is 1. The number of carbonyl (C=O) groups is 1. The third-order valence-electron chi connectivity index (χ3n) is 5.13. The molecule has 0 saturated heterocycles. The summed E-state index contributed by atoms with van der Waals surface area (Å²) >= 11 is 0. The van der Waals surface area contributed by atoms with E-state index in [9.17, 15) is 22.4 Å². The summed E-state index contributed by atoms with van der Waals surface area (Å²) in [5.74, 6) is -0.668. The maximum atomic E-state index is 14.3. The Labute approximate surface area is 198 Å². The zero-order chi connectivity index (χ0) is 25.2. The average molecular weight is 498 g/mol. The summed E-state index contributed by atoms with van der Waals surface area (Å²) in [7, 11) is -3.24. The molecule has 2 amide bonds. The quantitative estimate of drug-likeness (QED) is 0.387. The number of hydrogen-bond acceptors (Lipinski definition) is 8. The summed E-state index contributed by atoms with van der Waals surface area (Å²) in [5.41, 5.74) is 0.851. The van der Waals surface area contributed by atoms with Gasteiger partial charge in [-0.05, 0) is 48.4 Å². The average Bonchev–Trinajstić information content (AvgIpc) is 2.82. The standard InChI is InChI=1S/C23H19FN4O6S/c1-13-16-6-5-15(33-23-26-8-3-9-27-23)12-19(16)34-21(29)17(13)10-14-4-7-18(24)20(11-14)35(31,32)28-22(30)25-2/h3-9,11-12H,10H2,1-2H3,(H2,25,28,30). The van der Waals surface area contributed by atoms with Gasteiger partial charge in [0.1, 0.15) is 22.0 Å². The molecule has 0 fully saturated rings. The van der Waals surface area contributed by atoms with Crippen LogP contribution in [0.1, 0.15) is 16.7 Å². The summed E-state index contributed by atoms with van der Waals surface area (Å²) < 4.78 is 51.8. The monoisotopic (exact) mass is 498 g/mol. The molecular weight excluding hydrogens is 479 g/mol. The number of benzene rings is 2. The van der Waals surface area contributed by atoms with Crippen molar-refractivity contribution in [3.63, 3.8) is 0 Å². The molecule has 10 nitrogen and oxygen atoms in total. The van der Waals surface area contributed by atoms with Crippen LogP contribution in [-0.4, -0.2) is 31.5 Å². The summed E-state index contributed by atoms with van der Waals surface area (Å²) in [6.45, 7) is 1.73. The Kier molecular flexibility index (Phi) is 6.47. The molecule has 0 spiro atoms. The van der Waals surface area contributed by atoms with Gasteiger partial charge in [0.2, 0.25) is 0 Å². The molecule has 12 heteroatoms. The van der Waals surface area contributed by atoms with Crippen molar-refractivity contribution in [2.45, 2.75) is 18.2 Å². The summed E-state index contributed by atoms with van der Waals surface area (Å²) in [6.07, 6.45) is 3.03. The molecule has 2 aromatic heterocycles. The van der Waals surface area contributed by atoms with Gasteiger partial charge < -0.3 is 14.5 Å². The minimum absolute atomic E-state index is 0.0248. The number of aryl methyl sites for hydroxylation is 1. The number of urea groups is 1. The Hall–Kier alpha value is -4.32. The van der Waals surface area contributed by atoms with Crippen molar-refractivity contribution < 1.29 is 26.8 Å². The van der Waals surface area contributed by atoms with E-state index in [0.717, 1.165) is 12.1 Å². The first-order valence-electron chi connectivity index (χ1n) is 10.2. The van der Waals surface area contributed by atoms with Gasteiger partial charge in [0.15, 0.2) is 0 Å². The van der Waals surface area contributed by atoms with E-state index in [2.05, 4.69) is 15.3 Å². The molecule has 35 heavy (non-hydrogen) atoms. The van der Waals surface area contributed by atoms with Crippen molar-refractivity contribution in [2.24, 2.45) is 0 Å². The van der Waals surface area contributed by atoms with Crippen LogP contribution < -0.4 is 20.4 Å². The zero-order valence-corrected chi connectivity index (χ0v) is 19.3. The van der Waals surface area contributed by atoms with Gasteiger partial charge >= 0.3 is 17.7 Å². The van der Waals surface area contributed by atoms with Crippen molar-refractivity contribution in [3.8, 4) is 11.8 Å². The van der Waals surface area contributed by atoms with Crippen LogP contribution in [0.2, 0.25) is 0 Å². The number of nitrogens with zero attached hydrogens (tertiary/aromatic N) is 2. The Morgan fingerprint density at radius 3 is 2.60 bits per heavy atom. The number of halogens is 1. The fourth-order valence-corrected chi connectivity index (χ4v) is 4.47. The molecule has 2 heterocycles. The number of amides is 2. The topological polar surface area (TPSA) is 140 Å². The van der Waals surface area contributed by atoms with E-state index in [4.69, 9.17) is 9.15 Å². The van der Waals surface area contributed by atoms with E-state index in [-0.39, 0.29) is 23.6 Å². The minimum Gasteiger partial charge on any atom is -0.424 e.